The van der Waals surface area contributed by atoms with E-state index in [9.17, 15) is 4.79 Å². The van der Waals surface area contributed by atoms with Gasteiger partial charge in [-0.1, -0.05) is 0 Å². The summed E-state index contributed by atoms with van der Waals surface area (Å²) in [5, 5.41) is 7.28. The molecule has 2 aliphatic heterocycles. The summed E-state index contributed by atoms with van der Waals surface area (Å²) in [6.07, 6.45) is 10.2. The van der Waals surface area contributed by atoms with Crippen molar-refractivity contribution in [3.63, 3.8) is 0 Å². The molecule has 5 rings (SSSR count). The fraction of sp³-hybridized carbons (Fsp3) is 0.556. The van der Waals surface area contributed by atoms with Gasteiger partial charge < -0.3 is 29.7 Å². The zero-order valence-corrected chi connectivity index (χ0v) is 22.1. The molecule has 1 amide bonds. The van der Waals surface area contributed by atoms with E-state index in [0.717, 1.165) is 56.5 Å². The first-order valence-electron chi connectivity index (χ1n) is 13.4. The molecule has 10 heteroatoms. The Morgan fingerprint density at radius 3 is 2.65 bits per heavy atom. The third kappa shape index (κ3) is 5.86. The number of carbonyl (C=O) groups is 1. The molecule has 2 aliphatic rings. The molecule has 5 heterocycles. The normalized spacial score (nSPS) is 17.1. The van der Waals surface area contributed by atoms with E-state index in [1.807, 2.05) is 18.3 Å². The summed E-state index contributed by atoms with van der Waals surface area (Å²) in [6, 6.07) is 4.03. The van der Waals surface area contributed by atoms with Crippen LogP contribution >= 0.6 is 0 Å². The predicted octanol–water partition coefficient (Wildman–Crippen LogP) is 3.59. The molecular weight excluding hydrogens is 468 g/mol. The van der Waals surface area contributed by atoms with Crippen LogP contribution in [0, 0.1) is 0 Å². The van der Waals surface area contributed by atoms with E-state index < -0.39 is 0 Å². The number of hydrogen-bond donors (Lipinski definition) is 2. The van der Waals surface area contributed by atoms with E-state index in [-0.39, 0.29) is 11.9 Å². The van der Waals surface area contributed by atoms with Crippen molar-refractivity contribution in [2.75, 3.05) is 56.6 Å². The van der Waals surface area contributed by atoms with Crippen LogP contribution in [0.4, 0.5) is 17.6 Å². The van der Waals surface area contributed by atoms with E-state index >= 15 is 0 Å². The second-order valence-corrected chi connectivity index (χ2v) is 10.2. The first-order valence-corrected chi connectivity index (χ1v) is 13.4. The Balaban J connectivity index is 1.31. The minimum atomic E-state index is -0.0520. The highest BCUT2D eigenvalue weighted by atomic mass is 16.5. The fourth-order valence-electron chi connectivity index (χ4n) is 5.24. The summed E-state index contributed by atoms with van der Waals surface area (Å²) in [5.41, 5.74) is 1.63. The molecule has 0 saturated carbocycles. The lowest BCUT2D eigenvalue weighted by Gasteiger charge is -2.31. The number of methoxy groups -OCH3 is 1. The summed E-state index contributed by atoms with van der Waals surface area (Å²) in [7, 11) is 1.77. The van der Waals surface area contributed by atoms with Gasteiger partial charge in [0.25, 0.3) is 5.91 Å². The van der Waals surface area contributed by atoms with Gasteiger partial charge >= 0.3 is 0 Å². The first kappa shape index (κ1) is 25.4. The molecule has 0 radical (unpaired) electrons. The molecule has 0 unspecified atom stereocenters. The van der Waals surface area contributed by atoms with Gasteiger partial charge in [0, 0.05) is 69.4 Å². The quantitative estimate of drug-likeness (QED) is 0.454. The van der Waals surface area contributed by atoms with Gasteiger partial charge in [-0.3, -0.25) is 4.79 Å². The van der Waals surface area contributed by atoms with Crippen LogP contribution in [-0.2, 0) is 4.74 Å². The largest absolute Gasteiger partial charge is 0.381 e. The highest BCUT2D eigenvalue weighted by Crippen LogP contribution is 2.27. The van der Waals surface area contributed by atoms with Gasteiger partial charge in [-0.15, -0.1) is 0 Å². The molecule has 3 aromatic rings. The zero-order valence-electron chi connectivity index (χ0n) is 22.1. The minimum Gasteiger partial charge on any atom is -0.381 e. The number of nitrogens with one attached hydrogen (secondary N) is 2. The van der Waals surface area contributed by atoms with Crippen LogP contribution in [0.2, 0.25) is 0 Å². The van der Waals surface area contributed by atoms with Crippen molar-refractivity contribution in [1.29, 1.82) is 0 Å². The second kappa shape index (κ2) is 11.4. The van der Waals surface area contributed by atoms with Gasteiger partial charge in [0.05, 0.1) is 17.2 Å². The molecule has 198 valence electrons. The molecule has 0 bridgehead atoms. The van der Waals surface area contributed by atoms with E-state index in [4.69, 9.17) is 9.72 Å². The van der Waals surface area contributed by atoms with E-state index in [0.29, 0.717) is 35.8 Å². The van der Waals surface area contributed by atoms with Gasteiger partial charge in [0.1, 0.15) is 11.6 Å². The van der Waals surface area contributed by atoms with Crippen molar-refractivity contribution in [3.05, 3.63) is 36.3 Å². The molecular formula is C27H38N8O2. The van der Waals surface area contributed by atoms with Crippen molar-refractivity contribution in [3.8, 4) is 0 Å². The van der Waals surface area contributed by atoms with Crippen LogP contribution in [0.5, 0.6) is 0 Å². The van der Waals surface area contributed by atoms with Gasteiger partial charge in [0.15, 0.2) is 0 Å². The molecule has 0 atom stereocenters. The van der Waals surface area contributed by atoms with Crippen molar-refractivity contribution in [1.82, 2.24) is 29.7 Å². The molecule has 0 aliphatic carbocycles. The number of hydrogen-bond acceptors (Lipinski definition) is 8. The standard InChI is InChI=1S/C27H38N8O2/c1-19(2)35-18-22(26(36)28-10-15-33-11-4-5-12-33)21-17-30-25(16-23(21)35)31-24-6-9-29-27(32-24)34-13-7-20(37-3)8-14-34/h6,9,16-20H,4-5,7-8,10-15H2,1-3H3,(H,28,36)(H,29,30,31,32). The molecule has 2 fully saturated rings. The topological polar surface area (TPSA) is 100 Å². The predicted molar refractivity (Wildman–Crippen MR) is 146 cm³/mol. The van der Waals surface area contributed by atoms with Crippen molar-refractivity contribution in [2.24, 2.45) is 0 Å². The van der Waals surface area contributed by atoms with Crippen LogP contribution in [0.1, 0.15) is 55.9 Å². The summed E-state index contributed by atoms with van der Waals surface area (Å²) in [4.78, 5) is 31.5. The van der Waals surface area contributed by atoms with E-state index in [1.165, 1.54) is 12.8 Å². The van der Waals surface area contributed by atoms with Crippen LogP contribution in [0.3, 0.4) is 0 Å². The van der Waals surface area contributed by atoms with Crippen LogP contribution in [0.15, 0.2) is 30.7 Å². The van der Waals surface area contributed by atoms with E-state index in [1.54, 1.807) is 19.5 Å². The number of piperidine rings is 1. The summed E-state index contributed by atoms with van der Waals surface area (Å²) in [5.74, 6) is 2.02. The number of rotatable bonds is 9. The van der Waals surface area contributed by atoms with Crippen LogP contribution < -0.4 is 15.5 Å². The van der Waals surface area contributed by atoms with Crippen LogP contribution in [0.25, 0.3) is 10.9 Å². The Bertz CT molecular complexity index is 1210. The van der Waals surface area contributed by atoms with Gasteiger partial charge in [-0.05, 0) is 58.7 Å². The maximum Gasteiger partial charge on any atom is 0.253 e. The number of carbonyl (C=O) groups excluding carboxylic acids is 1. The van der Waals surface area contributed by atoms with Gasteiger partial charge in [0.2, 0.25) is 5.95 Å². The molecule has 2 N–H and O–H groups in total. The average molecular weight is 507 g/mol. The number of pyridine rings is 1. The zero-order chi connectivity index (χ0) is 25.8. The fourth-order valence-corrected chi connectivity index (χ4v) is 5.24. The van der Waals surface area contributed by atoms with Gasteiger partial charge in [-0.25, -0.2) is 9.97 Å². The molecule has 0 aromatic carbocycles. The van der Waals surface area contributed by atoms with Crippen molar-refractivity contribution >= 4 is 34.4 Å². The smallest absolute Gasteiger partial charge is 0.253 e. The number of aromatic nitrogens is 4. The lowest BCUT2D eigenvalue weighted by molar-refractivity contribution is 0.0816. The Kier molecular flexibility index (Phi) is 7.85. The number of likely N-dealkylation sites (tertiary alicyclic amines) is 1. The Morgan fingerprint density at radius 2 is 1.92 bits per heavy atom. The lowest BCUT2D eigenvalue weighted by Crippen LogP contribution is -2.37. The Labute approximate surface area is 218 Å². The maximum atomic E-state index is 13.1. The Morgan fingerprint density at radius 1 is 1.14 bits per heavy atom. The number of anilines is 3. The monoisotopic (exact) mass is 506 g/mol. The number of fused-ring (bicyclic) bond motifs is 1. The molecule has 0 spiro atoms. The highest BCUT2D eigenvalue weighted by Gasteiger charge is 2.21. The Hall–Kier alpha value is -3.24. The maximum absolute atomic E-state index is 13.1. The molecule has 37 heavy (non-hydrogen) atoms. The van der Waals surface area contributed by atoms with E-state index in [2.05, 4.69) is 48.8 Å². The first-order chi connectivity index (χ1) is 18.0. The molecule has 2 saturated heterocycles. The van der Waals surface area contributed by atoms with Crippen LogP contribution in [-0.4, -0.2) is 82.8 Å². The summed E-state index contributed by atoms with van der Waals surface area (Å²) >= 11 is 0. The third-order valence-corrected chi connectivity index (χ3v) is 7.39. The highest BCUT2D eigenvalue weighted by molar-refractivity contribution is 6.07. The molecule has 10 nitrogen and oxygen atoms in total. The lowest BCUT2D eigenvalue weighted by atomic mass is 10.1. The summed E-state index contributed by atoms with van der Waals surface area (Å²) in [6.45, 7) is 9.78. The number of ether oxygens (including phenoxy) is 1. The SMILES string of the molecule is COC1CCN(c2nccc(Nc3cc4c(cn3)c(C(=O)NCCN3CCCC3)cn4C(C)C)n2)CC1. The number of nitrogens with zero attached hydrogens (tertiary/aromatic N) is 6. The second-order valence-electron chi connectivity index (χ2n) is 10.2. The van der Waals surface area contributed by atoms with Gasteiger partial charge in [-0.2, -0.15) is 4.98 Å². The number of amides is 1. The minimum absolute atomic E-state index is 0.0520. The van der Waals surface area contributed by atoms with Crippen molar-refractivity contribution in [2.45, 2.75) is 51.7 Å². The third-order valence-electron chi connectivity index (χ3n) is 7.39. The summed E-state index contributed by atoms with van der Waals surface area (Å²) < 4.78 is 7.61. The molecule has 3 aromatic heterocycles. The van der Waals surface area contributed by atoms with Crippen molar-refractivity contribution < 1.29 is 9.53 Å². The average Bonchev–Trinajstić information content (AvgIpc) is 3.57.